The van der Waals surface area contributed by atoms with Crippen LogP contribution in [0.25, 0.3) is 0 Å². The highest BCUT2D eigenvalue weighted by molar-refractivity contribution is 7.80. The fraction of sp³-hybridized carbons (Fsp3) is 0.231. The van der Waals surface area contributed by atoms with E-state index < -0.39 is 0 Å². The monoisotopic (exact) mass is 263 g/mol. The molecular weight excluding hydrogens is 250 g/mol. The largest absolute Gasteiger partial charge is 0.288 e. The van der Waals surface area contributed by atoms with Crippen LogP contribution < -0.4 is 0 Å². The summed E-state index contributed by atoms with van der Waals surface area (Å²) in [6, 6.07) is 7.39. The Morgan fingerprint density at radius 2 is 2.12 bits per heavy atom. The van der Waals surface area contributed by atoms with Crippen molar-refractivity contribution in [3.63, 3.8) is 0 Å². The molecule has 2 aromatic heterocycles. The van der Waals surface area contributed by atoms with Crippen LogP contribution in [-0.4, -0.2) is 10.8 Å². The van der Waals surface area contributed by atoms with Crippen LogP contribution in [0.1, 0.15) is 40.7 Å². The van der Waals surface area contributed by atoms with Crippen molar-refractivity contribution in [1.82, 2.24) is 4.98 Å². The lowest BCUT2D eigenvalue weighted by atomic mass is 10.1. The summed E-state index contributed by atoms with van der Waals surface area (Å²) in [5, 5.41) is 2.40. The minimum Gasteiger partial charge on any atom is -0.288 e. The first-order valence-corrected chi connectivity index (χ1v) is 6.70. The van der Waals surface area contributed by atoms with Gasteiger partial charge in [0.2, 0.25) is 5.78 Å². The van der Waals surface area contributed by atoms with Gasteiger partial charge in [-0.05, 0) is 29.5 Å². The Morgan fingerprint density at radius 1 is 1.35 bits per heavy atom. The Bertz CT molecular complexity index is 532. The molecule has 0 amide bonds. The van der Waals surface area contributed by atoms with Gasteiger partial charge in [0.25, 0.3) is 0 Å². The minimum absolute atomic E-state index is 0.00666. The number of nitrogens with zero attached hydrogens (tertiary/aromatic N) is 1. The molecule has 0 aliphatic carbocycles. The Kier molecular flexibility index (Phi) is 3.64. The molecule has 2 heterocycles. The van der Waals surface area contributed by atoms with E-state index in [1.807, 2.05) is 29.6 Å². The van der Waals surface area contributed by atoms with Crippen LogP contribution in [0.4, 0.5) is 0 Å². The molecule has 88 valence electrons. The highest BCUT2D eigenvalue weighted by Gasteiger charge is 2.15. The average Bonchev–Trinajstić information content (AvgIpc) is 2.81. The minimum atomic E-state index is -0.00666. The molecule has 2 aromatic rings. The first-order valence-electron chi connectivity index (χ1n) is 5.37. The molecule has 0 N–H and O–H groups in total. The Balaban J connectivity index is 2.37. The number of aromatic nitrogens is 1. The van der Waals surface area contributed by atoms with E-state index in [1.54, 1.807) is 0 Å². The smallest absolute Gasteiger partial charge is 0.205 e. The van der Waals surface area contributed by atoms with Gasteiger partial charge in [0, 0.05) is 5.69 Å². The molecule has 0 aromatic carbocycles. The number of hydrogen-bond acceptors (Lipinski definition) is 4. The van der Waals surface area contributed by atoms with Crippen molar-refractivity contribution in [3.8, 4) is 0 Å². The van der Waals surface area contributed by atoms with Gasteiger partial charge in [0.1, 0.15) is 5.03 Å². The maximum absolute atomic E-state index is 12.1. The normalized spacial score (nSPS) is 10.8. The van der Waals surface area contributed by atoms with Crippen molar-refractivity contribution in [1.29, 1.82) is 0 Å². The maximum atomic E-state index is 12.1. The summed E-state index contributed by atoms with van der Waals surface area (Å²) in [6.07, 6.45) is 0. The molecule has 0 radical (unpaired) electrons. The van der Waals surface area contributed by atoms with Gasteiger partial charge in [0.05, 0.1) is 10.4 Å². The number of ketones is 1. The second kappa shape index (κ2) is 5.02. The summed E-state index contributed by atoms with van der Waals surface area (Å²) < 4.78 is 0. The molecule has 0 spiro atoms. The second-order valence-corrected chi connectivity index (χ2v) is 5.44. The molecule has 0 fully saturated rings. The third kappa shape index (κ3) is 2.58. The van der Waals surface area contributed by atoms with Gasteiger partial charge in [-0.1, -0.05) is 19.9 Å². The summed E-state index contributed by atoms with van der Waals surface area (Å²) in [7, 11) is 0. The third-order valence-electron chi connectivity index (χ3n) is 2.48. The molecule has 0 saturated carbocycles. The van der Waals surface area contributed by atoms with Crippen LogP contribution in [0.2, 0.25) is 0 Å². The molecule has 0 aliphatic heterocycles. The van der Waals surface area contributed by atoms with Gasteiger partial charge in [-0.2, -0.15) is 0 Å². The van der Waals surface area contributed by atoms with Crippen molar-refractivity contribution in [3.05, 3.63) is 45.8 Å². The fourth-order valence-corrected chi connectivity index (χ4v) is 2.47. The van der Waals surface area contributed by atoms with E-state index in [4.69, 9.17) is 0 Å². The molecule has 0 bridgehead atoms. The number of thiophene rings is 1. The Labute approximate surface area is 110 Å². The fourth-order valence-electron chi connectivity index (χ4n) is 1.50. The number of pyridine rings is 1. The molecule has 2 nitrogen and oxygen atoms in total. The van der Waals surface area contributed by atoms with Crippen LogP contribution >= 0.6 is 24.0 Å². The SMILES string of the molecule is CC(C)c1ccc(C(=O)c2cccs2)c(S)n1. The van der Waals surface area contributed by atoms with Gasteiger partial charge >= 0.3 is 0 Å². The standard InChI is InChI=1S/C13H13NOS2/c1-8(2)10-6-5-9(13(16)14-10)12(15)11-4-3-7-17-11/h3-8H,1-2H3,(H,14,16). The zero-order valence-electron chi connectivity index (χ0n) is 9.68. The number of hydrogen-bond donors (Lipinski definition) is 1. The first-order chi connectivity index (χ1) is 8.09. The van der Waals surface area contributed by atoms with E-state index in [9.17, 15) is 4.79 Å². The second-order valence-electron chi connectivity index (χ2n) is 4.07. The van der Waals surface area contributed by atoms with Crippen LogP contribution in [-0.2, 0) is 0 Å². The molecule has 0 atom stereocenters. The average molecular weight is 263 g/mol. The van der Waals surface area contributed by atoms with E-state index in [1.165, 1.54) is 11.3 Å². The van der Waals surface area contributed by atoms with Crippen molar-refractivity contribution in [2.24, 2.45) is 0 Å². The summed E-state index contributed by atoms with van der Waals surface area (Å²) in [4.78, 5) is 17.2. The molecule has 0 aliphatic rings. The van der Waals surface area contributed by atoms with Crippen molar-refractivity contribution < 1.29 is 4.79 Å². The van der Waals surface area contributed by atoms with Gasteiger partial charge in [-0.3, -0.25) is 4.79 Å². The molecule has 17 heavy (non-hydrogen) atoms. The maximum Gasteiger partial charge on any atom is 0.205 e. The zero-order chi connectivity index (χ0) is 12.4. The Morgan fingerprint density at radius 3 is 2.65 bits per heavy atom. The number of carbonyl (C=O) groups excluding carboxylic acids is 1. The lowest BCUT2D eigenvalue weighted by Crippen LogP contribution is -2.04. The predicted octanol–water partition coefficient (Wildman–Crippen LogP) is 3.79. The van der Waals surface area contributed by atoms with E-state index in [0.717, 1.165) is 10.6 Å². The van der Waals surface area contributed by atoms with Crippen LogP contribution in [0.5, 0.6) is 0 Å². The molecule has 0 saturated heterocycles. The molecule has 2 rings (SSSR count). The lowest BCUT2D eigenvalue weighted by molar-refractivity contribution is 0.103. The Hall–Kier alpha value is -1.13. The van der Waals surface area contributed by atoms with Crippen LogP contribution in [0.3, 0.4) is 0 Å². The number of thiol groups is 1. The topological polar surface area (TPSA) is 30.0 Å². The number of rotatable bonds is 3. The predicted molar refractivity (Wildman–Crippen MR) is 73.3 cm³/mol. The van der Waals surface area contributed by atoms with Gasteiger partial charge in [-0.15, -0.1) is 24.0 Å². The zero-order valence-corrected chi connectivity index (χ0v) is 11.4. The third-order valence-corrected chi connectivity index (χ3v) is 3.69. The van der Waals surface area contributed by atoms with E-state index in [2.05, 4.69) is 31.5 Å². The van der Waals surface area contributed by atoms with Crippen molar-refractivity contribution >= 4 is 29.7 Å². The quantitative estimate of drug-likeness (QED) is 0.674. The summed E-state index contributed by atoms with van der Waals surface area (Å²) in [5.74, 6) is 0.333. The molecule has 0 unspecified atom stereocenters. The van der Waals surface area contributed by atoms with Gasteiger partial charge < -0.3 is 0 Å². The van der Waals surface area contributed by atoms with Crippen LogP contribution in [0, 0.1) is 0 Å². The highest BCUT2D eigenvalue weighted by atomic mass is 32.1. The van der Waals surface area contributed by atoms with Crippen molar-refractivity contribution in [2.75, 3.05) is 0 Å². The van der Waals surface area contributed by atoms with Crippen molar-refractivity contribution in [2.45, 2.75) is 24.8 Å². The van der Waals surface area contributed by atoms with Crippen LogP contribution in [0.15, 0.2) is 34.7 Å². The van der Waals surface area contributed by atoms with E-state index >= 15 is 0 Å². The van der Waals surface area contributed by atoms with Gasteiger partial charge in [0.15, 0.2) is 0 Å². The van der Waals surface area contributed by atoms with E-state index in [0.29, 0.717) is 16.5 Å². The molecule has 4 heteroatoms. The lowest BCUT2D eigenvalue weighted by Gasteiger charge is -2.07. The highest BCUT2D eigenvalue weighted by Crippen LogP contribution is 2.22. The van der Waals surface area contributed by atoms with Gasteiger partial charge in [-0.25, -0.2) is 4.98 Å². The number of carbonyl (C=O) groups is 1. The summed E-state index contributed by atoms with van der Waals surface area (Å²) >= 11 is 5.74. The summed E-state index contributed by atoms with van der Waals surface area (Å²) in [6.45, 7) is 4.13. The summed E-state index contributed by atoms with van der Waals surface area (Å²) in [5.41, 5.74) is 1.53. The molecular formula is C13H13NOS2. The van der Waals surface area contributed by atoms with E-state index in [-0.39, 0.29) is 5.78 Å². The first kappa shape index (κ1) is 12.3.